The van der Waals surface area contributed by atoms with E-state index in [2.05, 4.69) is 5.32 Å². The number of ether oxygens (including phenoxy) is 1. The van der Waals surface area contributed by atoms with Crippen molar-refractivity contribution in [3.63, 3.8) is 0 Å². The van der Waals surface area contributed by atoms with Gasteiger partial charge >= 0.3 is 5.97 Å². The second kappa shape index (κ2) is 5.83. The highest BCUT2D eigenvalue weighted by molar-refractivity contribution is 5.92. The first-order valence-corrected chi connectivity index (χ1v) is 5.03. The third kappa shape index (κ3) is 3.75. The van der Waals surface area contributed by atoms with Crippen LogP contribution < -0.4 is 11.1 Å². The number of halogens is 1. The summed E-state index contributed by atoms with van der Waals surface area (Å²) in [5.41, 5.74) is 5.26. The molecule has 0 unspecified atom stereocenters. The van der Waals surface area contributed by atoms with Gasteiger partial charge in [-0.1, -0.05) is 0 Å². The van der Waals surface area contributed by atoms with E-state index in [1.807, 2.05) is 0 Å². The SMILES string of the molecule is CCNC(=O)COC(=O)c1ccc(F)c(N)c1. The smallest absolute Gasteiger partial charge is 0.338 e. The first-order valence-electron chi connectivity index (χ1n) is 5.03. The average Bonchev–Trinajstić information content (AvgIpc) is 2.30. The Hall–Kier alpha value is -2.11. The summed E-state index contributed by atoms with van der Waals surface area (Å²) < 4.78 is 17.5. The van der Waals surface area contributed by atoms with Crippen LogP contribution in [0.5, 0.6) is 0 Å². The molecule has 1 aromatic carbocycles. The molecule has 1 aromatic rings. The Kier molecular flexibility index (Phi) is 4.45. The summed E-state index contributed by atoms with van der Waals surface area (Å²) >= 11 is 0. The molecule has 3 N–H and O–H groups in total. The number of nitrogens with two attached hydrogens (primary N) is 1. The molecule has 6 heteroatoms. The van der Waals surface area contributed by atoms with E-state index >= 15 is 0 Å². The molecule has 0 fully saturated rings. The van der Waals surface area contributed by atoms with Gasteiger partial charge in [-0.15, -0.1) is 0 Å². The van der Waals surface area contributed by atoms with E-state index in [4.69, 9.17) is 10.5 Å². The number of nitrogen functional groups attached to an aromatic ring is 1. The quantitative estimate of drug-likeness (QED) is 0.599. The predicted octanol–water partition coefficient (Wildman–Crippen LogP) is 0.701. The summed E-state index contributed by atoms with van der Waals surface area (Å²) in [6.45, 7) is 1.84. The summed E-state index contributed by atoms with van der Waals surface area (Å²) in [5, 5.41) is 2.47. The van der Waals surface area contributed by atoms with Crippen LogP contribution in [0.3, 0.4) is 0 Å². The topological polar surface area (TPSA) is 81.4 Å². The van der Waals surface area contributed by atoms with Crippen molar-refractivity contribution in [2.24, 2.45) is 0 Å². The fourth-order valence-corrected chi connectivity index (χ4v) is 1.13. The molecule has 0 aliphatic heterocycles. The van der Waals surface area contributed by atoms with Crippen LogP contribution in [-0.2, 0) is 9.53 Å². The molecule has 0 saturated carbocycles. The Morgan fingerprint density at radius 3 is 2.76 bits per heavy atom. The molecule has 1 amide bonds. The first-order chi connectivity index (χ1) is 8.04. The Balaban J connectivity index is 2.58. The van der Waals surface area contributed by atoms with E-state index in [0.29, 0.717) is 6.54 Å². The second-order valence-electron chi connectivity index (χ2n) is 3.27. The molecular formula is C11H13FN2O3. The maximum Gasteiger partial charge on any atom is 0.338 e. The third-order valence-corrected chi connectivity index (χ3v) is 1.94. The highest BCUT2D eigenvalue weighted by Crippen LogP contribution is 2.12. The van der Waals surface area contributed by atoms with E-state index in [-0.39, 0.29) is 17.9 Å². The summed E-state index contributed by atoms with van der Waals surface area (Å²) in [4.78, 5) is 22.5. The summed E-state index contributed by atoms with van der Waals surface area (Å²) in [5.74, 6) is -1.72. The van der Waals surface area contributed by atoms with Crippen LogP contribution in [0.1, 0.15) is 17.3 Å². The molecule has 0 aliphatic carbocycles. The number of likely N-dealkylation sites (N-methyl/N-ethyl adjacent to an activating group) is 1. The van der Waals surface area contributed by atoms with Crippen molar-refractivity contribution >= 4 is 17.6 Å². The van der Waals surface area contributed by atoms with Crippen LogP contribution in [-0.4, -0.2) is 25.0 Å². The third-order valence-electron chi connectivity index (χ3n) is 1.94. The largest absolute Gasteiger partial charge is 0.452 e. The normalized spacial score (nSPS) is 9.76. The number of hydrogen-bond donors (Lipinski definition) is 2. The van der Waals surface area contributed by atoms with Gasteiger partial charge in [0.25, 0.3) is 5.91 Å². The fourth-order valence-electron chi connectivity index (χ4n) is 1.13. The van der Waals surface area contributed by atoms with Gasteiger partial charge in [0.05, 0.1) is 11.3 Å². The van der Waals surface area contributed by atoms with Crippen LogP contribution in [0.2, 0.25) is 0 Å². The molecule has 92 valence electrons. The maximum atomic E-state index is 12.8. The summed E-state index contributed by atoms with van der Waals surface area (Å²) in [6.07, 6.45) is 0. The van der Waals surface area contributed by atoms with Crippen LogP contribution in [0, 0.1) is 5.82 Å². The predicted molar refractivity (Wildman–Crippen MR) is 59.8 cm³/mol. The average molecular weight is 240 g/mol. The lowest BCUT2D eigenvalue weighted by Gasteiger charge is -2.05. The number of anilines is 1. The molecule has 5 nitrogen and oxygen atoms in total. The van der Waals surface area contributed by atoms with E-state index in [1.165, 1.54) is 6.07 Å². The zero-order valence-corrected chi connectivity index (χ0v) is 9.33. The van der Waals surface area contributed by atoms with Gasteiger partial charge in [-0.2, -0.15) is 0 Å². The van der Waals surface area contributed by atoms with Crippen molar-refractivity contribution in [3.8, 4) is 0 Å². The standard InChI is InChI=1S/C11H13FN2O3/c1-2-14-10(15)6-17-11(16)7-3-4-8(12)9(13)5-7/h3-5H,2,6,13H2,1H3,(H,14,15). The molecule has 1 rings (SSSR count). The Morgan fingerprint density at radius 2 is 2.18 bits per heavy atom. The van der Waals surface area contributed by atoms with Gasteiger partial charge in [-0.3, -0.25) is 4.79 Å². The van der Waals surface area contributed by atoms with E-state index < -0.39 is 17.7 Å². The monoisotopic (exact) mass is 240 g/mol. The molecule has 0 aromatic heterocycles. The van der Waals surface area contributed by atoms with Crippen molar-refractivity contribution in [2.75, 3.05) is 18.9 Å². The minimum absolute atomic E-state index is 0.105. The van der Waals surface area contributed by atoms with Crippen LogP contribution in [0.4, 0.5) is 10.1 Å². The molecular weight excluding hydrogens is 227 g/mol. The van der Waals surface area contributed by atoms with Crippen molar-refractivity contribution in [1.29, 1.82) is 0 Å². The van der Waals surface area contributed by atoms with E-state index in [9.17, 15) is 14.0 Å². The number of amides is 1. The Morgan fingerprint density at radius 1 is 1.47 bits per heavy atom. The molecule has 0 saturated heterocycles. The minimum atomic E-state index is -0.719. The Bertz CT molecular complexity index is 435. The molecule has 0 bridgehead atoms. The lowest BCUT2D eigenvalue weighted by atomic mass is 10.2. The number of hydrogen-bond acceptors (Lipinski definition) is 4. The number of carbonyl (C=O) groups is 2. The van der Waals surface area contributed by atoms with Crippen LogP contribution in [0.25, 0.3) is 0 Å². The molecule has 0 atom stereocenters. The lowest BCUT2D eigenvalue weighted by molar-refractivity contribution is -0.124. The number of benzene rings is 1. The first kappa shape index (κ1) is 13.0. The van der Waals surface area contributed by atoms with Gasteiger partial charge in [0, 0.05) is 6.54 Å². The van der Waals surface area contributed by atoms with Gasteiger partial charge in [0.2, 0.25) is 0 Å². The Labute approximate surface area is 97.7 Å². The fraction of sp³-hybridized carbons (Fsp3) is 0.273. The van der Waals surface area contributed by atoms with Crippen molar-refractivity contribution in [1.82, 2.24) is 5.32 Å². The van der Waals surface area contributed by atoms with Crippen molar-refractivity contribution in [2.45, 2.75) is 6.92 Å². The number of esters is 1. The zero-order chi connectivity index (χ0) is 12.8. The lowest BCUT2D eigenvalue weighted by Crippen LogP contribution is -2.28. The maximum absolute atomic E-state index is 12.8. The van der Waals surface area contributed by atoms with E-state index in [1.54, 1.807) is 6.92 Å². The van der Waals surface area contributed by atoms with Crippen LogP contribution in [0.15, 0.2) is 18.2 Å². The molecule has 0 heterocycles. The molecule has 0 aliphatic rings. The highest BCUT2D eigenvalue weighted by Gasteiger charge is 2.11. The minimum Gasteiger partial charge on any atom is -0.452 e. The van der Waals surface area contributed by atoms with Gasteiger partial charge in [0.1, 0.15) is 5.82 Å². The van der Waals surface area contributed by atoms with Crippen molar-refractivity contribution in [3.05, 3.63) is 29.6 Å². The number of rotatable bonds is 4. The summed E-state index contributed by atoms with van der Waals surface area (Å²) in [6, 6.07) is 3.47. The van der Waals surface area contributed by atoms with Gasteiger partial charge in [0.15, 0.2) is 6.61 Å². The molecule has 0 radical (unpaired) electrons. The number of carbonyl (C=O) groups excluding carboxylic acids is 2. The molecule has 17 heavy (non-hydrogen) atoms. The summed E-state index contributed by atoms with van der Waals surface area (Å²) in [7, 11) is 0. The van der Waals surface area contributed by atoms with Gasteiger partial charge < -0.3 is 15.8 Å². The number of nitrogens with one attached hydrogen (secondary N) is 1. The molecule has 0 spiro atoms. The van der Waals surface area contributed by atoms with E-state index in [0.717, 1.165) is 12.1 Å². The van der Waals surface area contributed by atoms with Crippen LogP contribution >= 0.6 is 0 Å². The highest BCUT2D eigenvalue weighted by atomic mass is 19.1. The van der Waals surface area contributed by atoms with Crippen molar-refractivity contribution < 1.29 is 18.7 Å². The van der Waals surface area contributed by atoms with Gasteiger partial charge in [-0.25, -0.2) is 9.18 Å². The second-order valence-corrected chi connectivity index (χ2v) is 3.27. The zero-order valence-electron chi connectivity index (χ0n) is 9.33. The van der Waals surface area contributed by atoms with Gasteiger partial charge in [-0.05, 0) is 25.1 Å².